The highest BCUT2D eigenvalue weighted by Gasteiger charge is 2.66. The molecule has 0 saturated heterocycles. The van der Waals surface area contributed by atoms with E-state index in [4.69, 9.17) is 23.2 Å². The van der Waals surface area contributed by atoms with Crippen molar-refractivity contribution in [2.45, 2.75) is 51.4 Å². The lowest BCUT2D eigenvalue weighted by Crippen LogP contribution is -2.49. The highest BCUT2D eigenvalue weighted by atomic mass is 35.5. The Morgan fingerprint density at radius 3 is 2.39 bits per heavy atom. The Morgan fingerprint density at radius 2 is 1.82 bits per heavy atom. The van der Waals surface area contributed by atoms with Crippen LogP contribution in [-0.2, 0) is 0 Å². The van der Waals surface area contributed by atoms with Crippen molar-refractivity contribution in [1.29, 1.82) is 0 Å². The van der Waals surface area contributed by atoms with Crippen LogP contribution in [0.5, 0.6) is 0 Å². The number of fused-ring (bicyclic) bond motifs is 1. The van der Waals surface area contributed by atoms with Crippen LogP contribution in [0, 0.1) is 11.2 Å². The first-order chi connectivity index (χ1) is 17.7. The van der Waals surface area contributed by atoms with Crippen molar-refractivity contribution in [2.24, 2.45) is 17.0 Å². The van der Waals surface area contributed by atoms with E-state index in [9.17, 15) is 17.6 Å². The van der Waals surface area contributed by atoms with Crippen LogP contribution < -0.4 is 22.2 Å². The maximum Gasteiger partial charge on any atom is 0.413 e. The lowest BCUT2D eigenvalue weighted by Gasteiger charge is -2.30. The molecule has 204 valence electrons. The fourth-order valence-corrected chi connectivity index (χ4v) is 4.31. The number of nitrogens with two attached hydrogens (primary N) is 2. The van der Waals surface area contributed by atoms with E-state index in [-0.39, 0.29) is 24.0 Å². The molecule has 4 rings (SSSR count). The third-order valence-corrected chi connectivity index (χ3v) is 6.65. The summed E-state index contributed by atoms with van der Waals surface area (Å²) in [5.74, 6) is 5.95. The zero-order valence-corrected chi connectivity index (χ0v) is 22.0. The first-order valence-corrected chi connectivity index (χ1v) is 12.4. The highest BCUT2D eigenvalue weighted by Crippen LogP contribution is 2.52. The number of rotatable bonds is 8. The first-order valence-electron chi connectivity index (χ1n) is 12.0. The number of nitrogens with zero attached hydrogens (tertiary/aromatic N) is 3. The van der Waals surface area contributed by atoms with Gasteiger partial charge in [-0.2, -0.15) is 13.2 Å². The average Bonchev–Trinajstić information content (AvgIpc) is 3.64. The van der Waals surface area contributed by atoms with Crippen LogP contribution >= 0.6 is 11.6 Å². The van der Waals surface area contributed by atoms with Gasteiger partial charge in [-0.15, -0.1) is 0 Å². The molecule has 12 heteroatoms. The van der Waals surface area contributed by atoms with Gasteiger partial charge < -0.3 is 21.4 Å². The Morgan fingerprint density at radius 1 is 1.16 bits per heavy atom. The van der Waals surface area contributed by atoms with Crippen molar-refractivity contribution in [3.8, 4) is 0 Å². The van der Waals surface area contributed by atoms with Crippen molar-refractivity contribution >= 4 is 34.0 Å². The molecular weight excluding hydrogens is 522 g/mol. The number of hydrazine groups is 1. The maximum absolute atomic E-state index is 13.7. The monoisotopic (exact) mass is 551 g/mol. The third-order valence-electron chi connectivity index (χ3n) is 6.36. The van der Waals surface area contributed by atoms with E-state index in [0.29, 0.717) is 44.5 Å². The van der Waals surface area contributed by atoms with Crippen molar-refractivity contribution in [1.82, 2.24) is 15.0 Å². The number of benzene rings is 2. The van der Waals surface area contributed by atoms with Crippen molar-refractivity contribution in [3.05, 3.63) is 71.0 Å². The van der Waals surface area contributed by atoms with E-state index >= 15 is 0 Å². The number of aromatic nitrogens is 2. The second kappa shape index (κ2) is 10.1. The predicted octanol–water partition coefficient (Wildman–Crippen LogP) is 6.10. The van der Waals surface area contributed by atoms with Gasteiger partial charge in [-0.1, -0.05) is 44.5 Å². The van der Waals surface area contributed by atoms with Crippen LogP contribution in [0.2, 0.25) is 5.02 Å². The van der Waals surface area contributed by atoms with Gasteiger partial charge in [-0.05, 0) is 48.1 Å². The van der Waals surface area contributed by atoms with Crippen molar-refractivity contribution in [2.75, 3.05) is 17.2 Å². The standard InChI is InChI=1S/C26H30ClF4N7/c1-24(2,3)13-34-23-18-10-17(11-19(27)22(18)35-14-36-23)37-21(15-4-6-16(28)7-5-15)20(32)12-38(33)25(8-9-25)26(29,30)31/h4-7,10-12,14,21,37H,8-9,13,32-33H2,1-3H3,(H,34,35,36)/b20-12-. The molecule has 0 spiro atoms. The molecule has 2 aromatic carbocycles. The van der Waals surface area contributed by atoms with E-state index < -0.39 is 23.6 Å². The largest absolute Gasteiger partial charge is 0.413 e. The van der Waals surface area contributed by atoms with Crippen LogP contribution in [0.4, 0.5) is 29.1 Å². The second-order valence-corrected chi connectivity index (χ2v) is 11.1. The molecule has 1 atom stereocenters. The fourth-order valence-electron chi connectivity index (χ4n) is 4.04. The smallest absolute Gasteiger partial charge is 0.399 e. The number of hydrogen-bond acceptors (Lipinski definition) is 7. The van der Waals surface area contributed by atoms with Gasteiger partial charge in [0.2, 0.25) is 0 Å². The average molecular weight is 552 g/mol. The summed E-state index contributed by atoms with van der Waals surface area (Å²) in [6, 6.07) is 8.02. The summed E-state index contributed by atoms with van der Waals surface area (Å²) in [5.41, 5.74) is 5.70. The quantitative estimate of drug-likeness (QED) is 0.152. The molecule has 1 saturated carbocycles. The Labute approximate surface area is 223 Å². The summed E-state index contributed by atoms with van der Waals surface area (Å²) in [4.78, 5) is 8.64. The minimum absolute atomic E-state index is 0.00115. The molecule has 0 bridgehead atoms. The Bertz CT molecular complexity index is 1330. The van der Waals surface area contributed by atoms with Crippen molar-refractivity contribution in [3.63, 3.8) is 0 Å². The molecule has 7 nitrogen and oxygen atoms in total. The second-order valence-electron chi connectivity index (χ2n) is 10.7. The summed E-state index contributed by atoms with van der Waals surface area (Å²) in [5, 5.41) is 8.13. The molecule has 1 aliphatic carbocycles. The number of nitrogens with one attached hydrogen (secondary N) is 2. The molecule has 1 aromatic heterocycles. The van der Waals surface area contributed by atoms with Gasteiger partial charge >= 0.3 is 6.18 Å². The SMILES string of the molecule is CC(C)(C)CNc1ncnc2c(Cl)cc(NC(/C(N)=C/N(N)C3(C(F)(F)F)CC3)c3ccc(F)cc3)cc12. The number of hydrogen-bond donors (Lipinski definition) is 4. The molecule has 38 heavy (non-hydrogen) atoms. The van der Waals surface area contributed by atoms with E-state index in [2.05, 4.69) is 41.4 Å². The van der Waals surface area contributed by atoms with Gasteiger partial charge in [-0.25, -0.2) is 20.2 Å². The molecule has 1 heterocycles. The lowest BCUT2D eigenvalue weighted by atomic mass is 9.97. The van der Waals surface area contributed by atoms with Gasteiger partial charge in [0.05, 0.1) is 22.3 Å². The number of alkyl halides is 3. The van der Waals surface area contributed by atoms with Gasteiger partial charge in [0.15, 0.2) is 5.54 Å². The molecule has 0 aliphatic heterocycles. The summed E-state index contributed by atoms with van der Waals surface area (Å²) < 4.78 is 54.4. The zero-order chi connectivity index (χ0) is 27.9. The van der Waals surface area contributed by atoms with Gasteiger partial charge in [0.25, 0.3) is 0 Å². The van der Waals surface area contributed by atoms with Crippen LogP contribution in [0.25, 0.3) is 10.9 Å². The molecule has 1 unspecified atom stereocenters. The molecule has 0 radical (unpaired) electrons. The summed E-state index contributed by atoms with van der Waals surface area (Å²) in [6.07, 6.45) is -2.28. The molecule has 0 amide bonds. The third kappa shape index (κ3) is 5.88. The number of anilines is 2. The normalized spacial score (nSPS) is 16.3. The summed E-state index contributed by atoms with van der Waals surface area (Å²) in [7, 11) is 0. The lowest BCUT2D eigenvalue weighted by molar-refractivity contribution is -0.189. The Kier molecular flexibility index (Phi) is 7.37. The summed E-state index contributed by atoms with van der Waals surface area (Å²) in [6.45, 7) is 6.88. The minimum atomic E-state index is -4.51. The summed E-state index contributed by atoms with van der Waals surface area (Å²) >= 11 is 6.55. The van der Waals surface area contributed by atoms with Crippen molar-refractivity contribution < 1.29 is 17.6 Å². The van der Waals surface area contributed by atoms with E-state index in [1.54, 1.807) is 12.1 Å². The van der Waals surface area contributed by atoms with Crippen LogP contribution in [0.1, 0.15) is 45.2 Å². The van der Waals surface area contributed by atoms with Crippen LogP contribution in [0.15, 0.2) is 54.6 Å². The van der Waals surface area contributed by atoms with E-state index in [1.165, 1.54) is 30.6 Å². The molecule has 6 N–H and O–H groups in total. The maximum atomic E-state index is 13.7. The van der Waals surface area contributed by atoms with E-state index in [0.717, 1.165) is 6.20 Å². The molecule has 3 aromatic rings. The zero-order valence-electron chi connectivity index (χ0n) is 21.2. The molecular formula is C26H30ClF4N7. The Hall–Kier alpha value is -3.31. The minimum Gasteiger partial charge on any atom is -0.399 e. The van der Waals surface area contributed by atoms with Gasteiger partial charge in [-0.3, -0.25) is 0 Å². The molecule has 1 aliphatic rings. The topological polar surface area (TPSA) is 105 Å². The van der Waals surface area contributed by atoms with Crippen LogP contribution in [-0.4, -0.2) is 33.2 Å². The fraction of sp³-hybridized carbons (Fsp3) is 0.385. The van der Waals surface area contributed by atoms with Gasteiger partial charge in [0.1, 0.15) is 18.0 Å². The van der Waals surface area contributed by atoms with Crippen LogP contribution in [0.3, 0.4) is 0 Å². The Balaban J connectivity index is 1.72. The van der Waals surface area contributed by atoms with E-state index in [1.807, 2.05) is 0 Å². The molecule has 1 fully saturated rings. The predicted molar refractivity (Wildman–Crippen MR) is 142 cm³/mol. The van der Waals surface area contributed by atoms with Gasteiger partial charge in [0, 0.05) is 23.8 Å². The first kappa shape index (κ1) is 27.7. The number of halogens is 5. The highest BCUT2D eigenvalue weighted by molar-refractivity contribution is 6.35.